The maximum absolute atomic E-state index is 13.1. The lowest BCUT2D eigenvalue weighted by molar-refractivity contribution is 0.0729. The SMILES string of the molecule is COc1cccc2c(OCc3ccccc3)c(C(=O)Oc3ccccc3)c(C)cc12. The first-order valence-corrected chi connectivity index (χ1v) is 9.71. The van der Waals surface area contributed by atoms with Gasteiger partial charge in [-0.15, -0.1) is 0 Å². The zero-order chi connectivity index (χ0) is 20.9. The minimum Gasteiger partial charge on any atom is -0.496 e. The largest absolute Gasteiger partial charge is 0.496 e. The zero-order valence-electron chi connectivity index (χ0n) is 16.9. The second-order valence-electron chi connectivity index (χ2n) is 6.93. The standard InChI is InChI=1S/C26H22O4/c1-18-16-22-21(14-9-15-23(22)28-2)25(29-17-19-10-5-3-6-11-19)24(18)26(27)30-20-12-7-4-8-13-20/h3-16H,17H2,1-2H3. The van der Waals surface area contributed by atoms with Gasteiger partial charge in [0.1, 0.15) is 29.4 Å². The second-order valence-corrected chi connectivity index (χ2v) is 6.93. The maximum atomic E-state index is 13.1. The van der Waals surface area contributed by atoms with Crippen LogP contribution < -0.4 is 14.2 Å². The Morgan fingerprint density at radius 2 is 1.53 bits per heavy atom. The molecule has 0 amide bonds. The quantitative estimate of drug-likeness (QED) is 0.297. The summed E-state index contributed by atoms with van der Waals surface area (Å²) >= 11 is 0. The number of aryl methyl sites for hydroxylation is 1. The molecule has 4 aromatic rings. The van der Waals surface area contributed by atoms with Crippen molar-refractivity contribution in [3.8, 4) is 17.2 Å². The number of hydrogen-bond acceptors (Lipinski definition) is 4. The average molecular weight is 398 g/mol. The average Bonchev–Trinajstić information content (AvgIpc) is 2.78. The molecule has 0 aromatic heterocycles. The lowest BCUT2D eigenvalue weighted by Crippen LogP contribution is -2.13. The van der Waals surface area contributed by atoms with Crippen LogP contribution in [-0.4, -0.2) is 13.1 Å². The van der Waals surface area contributed by atoms with Crippen molar-refractivity contribution in [2.24, 2.45) is 0 Å². The molecule has 4 heteroatoms. The van der Waals surface area contributed by atoms with Gasteiger partial charge in [-0.2, -0.15) is 0 Å². The molecule has 0 bridgehead atoms. The van der Waals surface area contributed by atoms with Crippen molar-refractivity contribution < 1.29 is 19.0 Å². The van der Waals surface area contributed by atoms with Crippen molar-refractivity contribution in [2.75, 3.05) is 7.11 Å². The van der Waals surface area contributed by atoms with Crippen LogP contribution in [0.1, 0.15) is 21.5 Å². The van der Waals surface area contributed by atoms with Gasteiger partial charge in [0.2, 0.25) is 0 Å². The highest BCUT2D eigenvalue weighted by Gasteiger charge is 2.22. The normalized spacial score (nSPS) is 10.6. The molecule has 0 aliphatic carbocycles. The van der Waals surface area contributed by atoms with Gasteiger partial charge in [-0.25, -0.2) is 4.79 Å². The van der Waals surface area contributed by atoms with E-state index in [4.69, 9.17) is 14.2 Å². The molecule has 0 aliphatic rings. The number of benzene rings is 4. The smallest absolute Gasteiger partial charge is 0.347 e. The minimum absolute atomic E-state index is 0.336. The molecule has 0 aliphatic heterocycles. The number of rotatable bonds is 6. The molecule has 0 fully saturated rings. The van der Waals surface area contributed by atoms with E-state index >= 15 is 0 Å². The fourth-order valence-electron chi connectivity index (χ4n) is 3.45. The maximum Gasteiger partial charge on any atom is 0.347 e. The predicted molar refractivity (Wildman–Crippen MR) is 117 cm³/mol. The Bertz CT molecular complexity index is 1170. The Morgan fingerprint density at radius 3 is 2.23 bits per heavy atom. The van der Waals surface area contributed by atoms with Crippen molar-refractivity contribution >= 4 is 16.7 Å². The zero-order valence-corrected chi connectivity index (χ0v) is 16.9. The number of methoxy groups -OCH3 is 1. The van der Waals surface area contributed by atoms with Gasteiger partial charge in [-0.1, -0.05) is 60.7 Å². The summed E-state index contributed by atoms with van der Waals surface area (Å²) in [5.41, 5.74) is 2.18. The lowest BCUT2D eigenvalue weighted by Gasteiger charge is -2.17. The first-order valence-electron chi connectivity index (χ1n) is 9.71. The molecular weight excluding hydrogens is 376 g/mol. The molecule has 0 radical (unpaired) electrons. The van der Waals surface area contributed by atoms with E-state index in [1.165, 1.54) is 0 Å². The van der Waals surface area contributed by atoms with E-state index in [9.17, 15) is 4.79 Å². The van der Waals surface area contributed by atoms with Crippen LogP contribution in [-0.2, 0) is 6.61 Å². The van der Waals surface area contributed by atoms with Gasteiger partial charge in [0, 0.05) is 10.8 Å². The topological polar surface area (TPSA) is 44.8 Å². The highest BCUT2D eigenvalue weighted by atomic mass is 16.5. The molecule has 0 saturated heterocycles. The van der Waals surface area contributed by atoms with Gasteiger partial charge >= 0.3 is 5.97 Å². The summed E-state index contributed by atoms with van der Waals surface area (Å²) in [6, 6.07) is 26.5. The summed E-state index contributed by atoms with van der Waals surface area (Å²) in [4.78, 5) is 13.1. The molecule has 30 heavy (non-hydrogen) atoms. The molecule has 0 saturated carbocycles. The van der Waals surface area contributed by atoms with Crippen LogP contribution in [0.5, 0.6) is 17.2 Å². The van der Waals surface area contributed by atoms with Crippen LogP contribution >= 0.6 is 0 Å². The van der Waals surface area contributed by atoms with Gasteiger partial charge < -0.3 is 14.2 Å². The molecule has 0 N–H and O–H groups in total. The predicted octanol–water partition coefficient (Wildman–Crippen LogP) is 5.96. The number of carbonyl (C=O) groups is 1. The Kier molecular flexibility index (Phi) is 5.66. The summed E-state index contributed by atoms with van der Waals surface area (Å²) in [6.07, 6.45) is 0. The summed E-state index contributed by atoms with van der Waals surface area (Å²) in [5, 5.41) is 1.69. The third kappa shape index (κ3) is 3.98. The van der Waals surface area contributed by atoms with E-state index in [1.807, 2.05) is 79.7 Å². The summed E-state index contributed by atoms with van der Waals surface area (Å²) in [7, 11) is 1.63. The monoisotopic (exact) mass is 398 g/mol. The summed E-state index contributed by atoms with van der Waals surface area (Å²) < 4.78 is 17.4. The number of esters is 1. The van der Waals surface area contributed by atoms with Gasteiger partial charge in [0.05, 0.1) is 7.11 Å². The van der Waals surface area contributed by atoms with E-state index in [2.05, 4.69) is 0 Å². The highest BCUT2D eigenvalue weighted by molar-refractivity contribution is 6.05. The fraction of sp³-hybridized carbons (Fsp3) is 0.115. The Balaban J connectivity index is 1.81. The van der Waals surface area contributed by atoms with Gasteiger partial charge in [0.15, 0.2) is 0 Å². The number of para-hydroxylation sites is 1. The molecule has 4 rings (SSSR count). The van der Waals surface area contributed by atoms with Crippen molar-refractivity contribution in [3.05, 3.63) is 102 Å². The van der Waals surface area contributed by atoms with E-state index in [1.54, 1.807) is 19.2 Å². The molecule has 0 unspecified atom stereocenters. The Labute approximate surface area is 175 Å². The van der Waals surface area contributed by atoms with Crippen LogP contribution in [0, 0.1) is 6.92 Å². The summed E-state index contributed by atoms with van der Waals surface area (Å²) in [5.74, 6) is 1.25. The third-order valence-corrected chi connectivity index (χ3v) is 4.90. The Hall–Kier alpha value is -3.79. The van der Waals surface area contributed by atoms with Crippen LogP contribution in [0.3, 0.4) is 0 Å². The molecule has 0 atom stereocenters. The van der Waals surface area contributed by atoms with Crippen LogP contribution in [0.25, 0.3) is 10.8 Å². The van der Waals surface area contributed by atoms with E-state index in [0.717, 1.165) is 27.6 Å². The molecular formula is C26H22O4. The number of hydrogen-bond donors (Lipinski definition) is 0. The minimum atomic E-state index is -0.452. The van der Waals surface area contributed by atoms with Crippen LogP contribution in [0.4, 0.5) is 0 Å². The van der Waals surface area contributed by atoms with E-state index in [-0.39, 0.29) is 0 Å². The molecule has 4 aromatic carbocycles. The highest BCUT2D eigenvalue weighted by Crippen LogP contribution is 2.38. The third-order valence-electron chi connectivity index (χ3n) is 4.90. The Morgan fingerprint density at radius 1 is 0.833 bits per heavy atom. The van der Waals surface area contributed by atoms with Gasteiger partial charge in [0.25, 0.3) is 0 Å². The van der Waals surface area contributed by atoms with E-state index in [0.29, 0.717) is 23.7 Å². The van der Waals surface area contributed by atoms with Gasteiger partial charge in [-0.3, -0.25) is 0 Å². The molecule has 150 valence electrons. The van der Waals surface area contributed by atoms with E-state index < -0.39 is 5.97 Å². The number of carbonyl (C=O) groups excluding carboxylic acids is 1. The molecule has 0 spiro atoms. The first-order chi connectivity index (χ1) is 14.7. The van der Waals surface area contributed by atoms with Crippen LogP contribution in [0.15, 0.2) is 84.9 Å². The number of fused-ring (bicyclic) bond motifs is 1. The lowest BCUT2D eigenvalue weighted by atomic mass is 9.99. The summed E-state index contributed by atoms with van der Waals surface area (Å²) in [6.45, 7) is 2.21. The molecule has 0 heterocycles. The number of ether oxygens (including phenoxy) is 3. The van der Waals surface area contributed by atoms with Gasteiger partial charge in [-0.05, 0) is 42.3 Å². The van der Waals surface area contributed by atoms with Crippen molar-refractivity contribution in [1.29, 1.82) is 0 Å². The second kappa shape index (κ2) is 8.70. The van der Waals surface area contributed by atoms with Crippen LogP contribution in [0.2, 0.25) is 0 Å². The fourth-order valence-corrected chi connectivity index (χ4v) is 3.45. The van der Waals surface area contributed by atoms with Crippen molar-refractivity contribution in [1.82, 2.24) is 0 Å². The van der Waals surface area contributed by atoms with Crippen molar-refractivity contribution in [2.45, 2.75) is 13.5 Å². The first kappa shape index (κ1) is 19.5. The van der Waals surface area contributed by atoms with Crippen molar-refractivity contribution in [3.63, 3.8) is 0 Å². The molecule has 4 nitrogen and oxygen atoms in total.